The molecule has 1 aliphatic rings. The smallest absolute Gasteiger partial charge is 0.271 e. The minimum absolute atomic E-state index is 0.164. The van der Waals surface area contributed by atoms with Crippen molar-refractivity contribution in [1.82, 2.24) is 14.8 Å². The minimum Gasteiger partial charge on any atom is -0.350 e. The molecule has 0 spiro atoms. The molecule has 3 heterocycles. The van der Waals surface area contributed by atoms with Crippen molar-refractivity contribution in [3.05, 3.63) is 94.7 Å². The SMILES string of the molecule is C[C@]1(C(=O)NCc2ccc(F)cc2)Cn2c(cc3ccsc32)C(=O)N1Cc1ccccc1. The Morgan fingerprint density at radius 3 is 2.59 bits per heavy atom. The molecular weight excluding hydrogens is 425 g/mol. The van der Waals surface area contributed by atoms with Gasteiger partial charge in [0.25, 0.3) is 5.91 Å². The fourth-order valence-corrected chi connectivity index (χ4v) is 5.14. The van der Waals surface area contributed by atoms with Gasteiger partial charge in [0.05, 0.1) is 6.54 Å². The van der Waals surface area contributed by atoms with Crippen LogP contribution in [0.1, 0.15) is 28.5 Å². The van der Waals surface area contributed by atoms with Gasteiger partial charge in [-0.05, 0) is 47.7 Å². The first-order valence-corrected chi connectivity index (χ1v) is 11.3. The van der Waals surface area contributed by atoms with Crippen molar-refractivity contribution >= 4 is 33.4 Å². The van der Waals surface area contributed by atoms with Crippen molar-refractivity contribution in [3.63, 3.8) is 0 Å². The third-order valence-corrected chi connectivity index (χ3v) is 7.02. The molecule has 0 fully saturated rings. The zero-order valence-corrected chi connectivity index (χ0v) is 18.4. The van der Waals surface area contributed by atoms with Crippen LogP contribution in [0.5, 0.6) is 0 Å². The molecule has 32 heavy (non-hydrogen) atoms. The van der Waals surface area contributed by atoms with Crippen molar-refractivity contribution in [2.45, 2.75) is 32.1 Å². The normalized spacial score (nSPS) is 18.1. The predicted molar refractivity (Wildman–Crippen MR) is 123 cm³/mol. The molecule has 4 aromatic rings. The summed E-state index contributed by atoms with van der Waals surface area (Å²) in [6.07, 6.45) is 0. The molecule has 5 nitrogen and oxygen atoms in total. The number of halogens is 1. The monoisotopic (exact) mass is 447 g/mol. The minimum atomic E-state index is -1.09. The summed E-state index contributed by atoms with van der Waals surface area (Å²) in [6, 6.07) is 19.6. The van der Waals surface area contributed by atoms with Gasteiger partial charge in [-0.3, -0.25) is 9.59 Å². The summed E-state index contributed by atoms with van der Waals surface area (Å²) >= 11 is 1.56. The summed E-state index contributed by atoms with van der Waals surface area (Å²) in [5, 5.41) is 5.96. The molecule has 1 N–H and O–H groups in total. The molecule has 1 aliphatic heterocycles. The number of benzene rings is 2. The quantitative estimate of drug-likeness (QED) is 0.487. The van der Waals surface area contributed by atoms with Gasteiger partial charge in [-0.25, -0.2) is 4.39 Å². The van der Waals surface area contributed by atoms with Crippen LogP contribution >= 0.6 is 11.3 Å². The van der Waals surface area contributed by atoms with Gasteiger partial charge in [0.15, 0.2) is 0 Å². The molecule has 0 unspecified atom stereocenters. The third kappa shape index (κ3) is 3.48. The van der Waals surface area contributed by atoms with Gasteiger partial charge in [0.1, 0.15) is 21.9 Å². The zero-order chi connectivity index (χ0) is 22.3. The van der Waals surface area contributed by atoms with Gasteiger partial charge >= 0.3 is 0 Å². The van der Waals surface area contributed by atoms with Crippen LogP contribution in [0.2, 0.25) is 0 Å². The Balaban J connectivity index is 1.49. The summed E-state index contributed by atoms with van der Waals surface area (Å²) in [7, 11) is 0. The standard InChI is InChI=1S/C25H22FN3O2S/c1-25(24(31)27-14-17-7-9-20(26)10-8-17)16-28-21(13-19-11-12-32-23(19)28)22(30)29(25)15-18-5-3-2-4-6-18/h2-13H,14-16H2,1H3,(H,27,31)/t25-/m1/s1. The third-order valence-electron chi connectivity index (χ3n) is 6.07. The lowest BCUT2D eigenvalue weighted by atomic mass is 9.93. The van der Waals surface area contributed by atoms with E-state index in [1.165, 1.54) is 12.1 Å². The molecule has 0 radical (unpaired) electrons. The highest BCUT2D eigenvalue weighted by atomic mass is 32.1. The van der Waals surface area contributed by atoms with Crippen LogP contribution in [0, 0.1) is 5.82 Å². The topological polar surface area (TPSA) is 54.3 Å². The number of nitrogens with one attached hydrogen (secondary N) is 1. The molecule has 0 saturated carbocycles. The van der Waals surface area contributed by atoms with Gasteiger partial charge in [-0.15, -0.1) is 11.3 Å². The number of nitrogens with zero attached hydrogens (tertiary/aromatic N) is 2. The Bertz CT molecular complexity index is 1300. The van der Waals surface area contributed by atoms with Crippen LogP contribution < -0.4 is 5.32 Å². The summed E-state index contributed by atoms with van der Waals surface area (Å²) in [5.74, 6) is -0.725. The summed E-state index contributed by atoms with van der Waals surface area (Å²) in [4.78, 5) is 29.8. The number of amides is 2. The lowest BCUT2D eigenvalue weighted by Crippen LogP contribution is -2.63. The number of carbonyl (C=O) groups excluding carboxylic acids is 2. The molecule has 7 heteroatoms. The molecule has 2 aromatic carbocycles. The lowest BCUT2D eigenvalue weighted by Gasteiger charge is -2.44. The molecule has 2 amide bonds. The first kappa shape index (κ1) is 20.5. The predicted octanol–water partition coefficient (Wildman–Crippen LogP) is 4.57. The van der Waals surface area contributed by atoms with Crippen LogP contribution in [-0.4, -0.2) is 26.8 Å². The second-order valence-corrected chi connectivity index (χ2v) is 9.15. The highest BCUT2D eigenvalue weighted by Crippen LogP contribution is 2.35. The highest BCUT2D eigenvalue weighted by Gasteiger charge is 2.47. The van der Waals surface area contributed by atoms with Gasteiger partial charge in [0.2, 0.25) is 5.91 Å². The van der Waals surface area contributed by atoms with E-state index < -0.39 is 5.54 Å². The van der Waals surface area contributed by atoms with Gasteiger partial charge in [-0.1, -0.05) is 42.5 Å². The van der Waals surface area contributed by atoms with Crippen molar-refractivity contribution < 1.29 is 14.0 Å². The maximum Gasteiger partial charge on any atom is 0.271 e. The number of carbonyl (C=O) groups is 2. The van der Waals surface area contributed by atoms with E-state index >= 15 is 0 Å². The van der Waals surface area contributed by atoms with E-state index in [2.05, 4.69) is 5.32 Å². The fraction of sp³-hybridized carbons (Fsp3) is 0.200. The number of hydrogen-bond acceptors (Lipinski definition) is 3. The average Bonchev–Trinajstić information content (AvgIpc) is 3.39. The number of rotatable bonds is 5. The van der Waals surface area contributed by atoms with Crippen LogP contribution in [-0.2, 0) is 24.4 Å². The number of hydrogen-bond donors (Lipinski definition) is 1. The Kier molecular flexibility index (Phi) is 5.06. The van der Waals surface area contributed by atoms with E-state index in [0.29, 0.717) is 18.8 Å². The molecular formula is C25H22FN3O2S. The largest absolute Gasteiger partial charge is 0.350 e. The Hall–Kier alpha value is -3.45. The maximum atomic E-state index is 13.6. The van der Waals surface area contributed by atoms with E-state index in [0.717, 1.165) is 21.3 Å². The van der Waals surface area contributed by atoms with Gasteiger partial charge in [-0.2, -0.15) is 0 Å². The van der Waals surface area contributed by atoms with E-state index in [9.17, 15) is 14.0 Å². The summed E-state index contributed by atoms with van der Waals surface area (Å²) in [5.41, 5.74) is 1.27. The molecule has 0 aliphatic carbocycles. The highest BCUT2D eigenvalue weighted by molar-refractivity contribution is 7.16. The molecule has 1 atom stereocenters. The van der Waals surface area contributed by atoms with E-state index in [4.69, 9.17) is 0 Å². The van der Waals surface area contributed by atoms with Crippen LogP contribution in [0.4, 0.5) is 4.39 Å². The van der Waals surface area contributed by atoms with Crippen LogP contribution in [0.3, 0.4) is 0 Å². The lowest BCUT2D eigenvalue weighted by molar-refractivity contribution is -0.133. The first-order valence-electron chi connectivity index (χ1n) is 10.4. The number of fused-ring (bicyclic) bond motifs is 3. The molecule has 2 aromatic heterocycles. The van der Waals surface area contributed by atoms with E-state index in [1.54, 1.807) is 28.4 Å². The van der Waals surface area contributed by atoms with Crippen molar-refractivity contribution in [2.75, 3.05) is 0 Å². The van der Waals surface area contributed by atoms with E-state index in [1.807, 2.05) is 59.3 Å². The maximum absolute atomic E-state index is 13.6. The average molecular weight is 448 g/mol. The molecule has 0 bridgehead atoms. The zero-order valence-electron chi connectivity index (χ0n) is 17.5. The van der Waals surface area contributed by atoms with Gasteiger partial charge < -0.3 is 14.8 Å². The Morgan fingerprint density at radius 1 is 1.09 bits per heavy atom. The van der Waals surface area contributed by atoms with Crippen LogP contribution in [0.25, 0.3) is 10.2 Å². The van der Waals surface area contributed by atoms with Crippen molar-refractivity contribution in [2.24, 2.45) is 0 Å². The summed E-state index contributed by atoms with van der Waals surface area (Å²) < 4.78 is 15.2. The Labute approximate surface area is 189 Å². The van der Waals surface area contributed by atoms with Crippen LogP contribution in [0.15, 0.2) is 72.1 Å². The molecule has 0 saturated heterocycles. The van der Waals surface area contributed by atoms with E-state index in [-0.39, 0.29) is 24.2 Å². The molecule has 5 rings (SSSR count). The summed E-state index contributed by atoms with van der Waals surface area (Å²) in [6.45, 7) is 2.77. The first-order chi connectivity index (χ1) is 15.5. The number of aromatic nitrogens is 1. The number of thiophene rings is 1. The second-order valence-electron chi connectivity index (χ2n) is 8.26. The second kappa shape index (κ2) is 7.91. The molecule has 162 valence electrons. The van der Waals surface area contributed by atoms with Crippen molar-refractivity contribution in [3.8, 4) is 0 Å². The van der Waals surface area contributed by atoms with Gasteiger partial charge in [0, 0.05) is 18.5 Å². The van der Waals surface area contributed by atoms with Crippen molar-refractivity contribution in [1.29, 1.82) is 0 Å². The fourth-order valence-electron chi connectivity index (χ4n) is 4.25. The Morgan fingerprint density at radius 2 is 1.84 bits per heavy atom.